The van der Waals surface area contributed by atoms with Crippen LogP contribution in [-0.2, 0) is 4.79 Å². The number of halogens is 1. The SMILES string of the molecule is COc1ccc(OC)c([C@@H]2CCCN2CC(=O)Nc2cc(Cl)ccc2C#N)c1. The minimum absolute atomic E-state index is 0.0607. The third-order valence-electron chi connectivity index (χ3n) is 4.88. The van der Waals surface area contributed by atoms with Crippen molar-refractivity contribution in [3.63, 3.8) is 0 Å². The molecule has 0 unspecified atom stereocenters. The summed E-state index contributed by atoms with van der Waals surface area (Å²) in [7, 11) is 3.27. The molecule has 0 bridgehead atoms. The average molecular weight is 400 g/mol. The summed E-state index contributed by atoms with van der Waals surface area (Å²) in [6.07, 6.45) is 1.91. The molecule has 2 aromatic rings. The van der Waals surface area contributed by atoms with Crippen molar-refractivity contribution in [2.75, 3.05) is 32.6 Å². The molecule has 1 amide bonds. The summed E-state index contributed by atoms with van der Waals surface area (Å²) in [5.74, 6) is 1.34. The Balaban J connectivity index is 1.77. The Bertz CT molecular complexity index is 910. The van der Waals surface area contributed by atoms with Gasteiger partial charge in [0, 0.05) is 16.6 Å². The first-order valence-electron chi connectivity index (χ1n) is 9.01. The number of anilines is 1. The molecule has 3 rings (SSSR count). The van der Waals surface area contributed by atoms with Crippen LogP contribution in [0.3, 0.4) is 0 Å². The van der Waals surface area contributed by atoms with Gasteiger partial charge in [0.15, 0.2) is 0 Å². The predicted octanol–water partition coefficient (Wildman–Crippen LogP) is 4.00. The van der Waals surface area contributed by atoms with Crippen molar-refractivity contribution in [2.45, 2.75) is 18.9 Å². The van der Waals surface area contributed by atoms with Crippen molar-refractivity contribution < 1.29 is 14.3 Å². The second-order valence-corrected chi connectivity index (χ2v) is 7.02. The van der Waals surface area contributed by atoms with Crippen molar-refractivity contribution >= 4 is 23.2 Å². The molecule has 1 heterocycles. The Morgan fingerprint density at radius 3 is 2.82 bits per heavy atom. The first kappa shape index (κ1) is 20.0. The first-order valence-corrected chi connectivity index (χ1v) is 9.39. The number of amides is 1. The van der Waals surface area contributed by atoms with Crippen molar-refractivity contribution in [1.29, 1.82) is 5.26 Å². The van der Waals surface area contributed by atoms with Gasteiger partial charge in [-0.05, 0) is 55.8 Å². The van der Waals surface area contributed by atoms with Gasteiger partial charge in [0.25, 0.3) is 0 Å². The average Bonchev–Trinajstić information content (AvgIpc) is 3.15. The van der Waals surface area contributed by atoms with Gasteiger partial charge in [-0.3, -0.25) is 9.69 Å². The lowest BCUT2D eigenvalue weighted by Crippen LogP contribution is -2.33. The summed E-state index contributed by atoms with van der Waals surface area (Å²) in [5, 5.41) is 12.5. The fourth-order valence-electron chi connectivity index (χ4n) is 3.56. The van der Waals surface area contributed by atoms with Crippen molar-refractivity contribution in [3.8, 4) is 17.6 Å². The molecule has 7 heteroatoms. The standard InChI is InChI=1S/C21H22ClN3O3/c1-27-16-7-8-20(28-2)17(11-16)19-4-3-9-25(19)13-21(26)24-18-10-15(22)6-5-14(18)12-23/h5-8,10-11,19H,3-4,9,13H2,1-2H3,(H,24,26)/t19-/m0/s1. The summed E-state index contributed by atoms with van der Waals surface area (Å²) >= 11 is 6.00. The van der Waals surface area contributed by atoms with Gasteiger partial charge in [-0.15, -0.1) is 0 Å². The van der Waals surface area contributed by atoms with E-state index in [4.69, 9.17) is 21.1 Å². The summed E-state index contributed by atoms with van der Waals surface area (Å²) in [5.41, 5.74) is 1.81. The van der Waals surface area contributed by atoms with Crippen LogP contribution in [0.2, 0.25) is 5.02 Å². The summed E-state index contributed by atoms with van der Waals surface area (Å²) in [4.78, 5) is 14.8. The van der Waals surface area contributed by atoms with Gasteiger partial charge in [-0.1, -0.05) is 11.6 Å². The summed E-state index contributed by atoms with van der Waals surface area (Å²) < 4.78 is 10.9. The van der Waals surface area contributed by atoms with Crippen LogP contribution >= 0.6 is 11.6 Å². The maximum Gasteiger partial charge on any atom is 0.238 e. The lowest BCUT2D eigenvalue weighted by atomic mass is 10.0. The molecule has 28 heavy (non-hydrogen) atoms. The van der Waals surface area contributed by atoms with Crippen molar-refractivity contribution in [1.82, 2.24) is 4.90 Å². The number of hydrogen-bond acceptors (Lipinski definition) is 5. The molecule has 1 atom stereocenters. The Morgan fingerprint density at radius 2 is 2.11 bits per heavy atom. The van der Waals surface area contributed by atoms with Crippen LogP contribution < -0.4 is 14.8 Å². The fourth-order valence-corrected chi connectivity index (χ4v) is 3.73. The highest BCUT2D eigenvalue weighted by Crippen LogP contribution is 2.38. The second kappa shape index (κ2) is 8.96. The van der Waals surface area contributed by atoms with Crippen LogP contribution in [0.4, 0.5) is 5.69 Å². The minimum Gasteiger partial charge on any atom is -0.497 e. The Labute approximate surface area is 169 Å². The molecule has 1 aliphatic heterocycles. The van der Waals surface area contributed by atoms with E-state index in [9.17, 15) is 10.1 Å². The first-order chi connectivity index (χ1) is 13.5. The van der Waals surface area contributed by atoms with E-state index in [2.05, 4.69) is 16.3 Å². The third kappa shape index (κ3) is 4.38. The van der Waals surface area contributed by atoms with E-state index >= 15 is 0 Å². The van der Waals surface area contributed by atoms with Gasteiger partial charge >= 0.3 is 0 Å². The molecule has 0 radical (unpaired) electrons. The molecule has 146 valence electrons. The van der Waals surface area contributed by atoms with E-state index in [1.165, 1.54) is 0 Å². The summed E-state index contributed by atoms with van der Waals surface area (Å²) in [6.45, 7) is 1.02. The van der Waals surface area contributed by atoms with Gasteiger partial charge in [-0.25, -0.2) is 0 Å². The maximum atomic E-state index is 12.6. The number of nitriles is 1. The lowest BCUT2D eigenvalue weighted by molar-refractivity contribution is -0.117. The Morgan fingerprint density at radius 1 is 1.29 bits per heavy atom. The number of methoxy groups -OCH3 is 2. The smallest absolute Gasteiger partial charge is 0.238 e. The molecular weight excluding hydrogens is 378 g/mol. The van der Waals surface area contributed by atoms with Crippen LogP contribution in [0, 0.1) is 11.3 Å². The zero-order chi connectivity index (χ0) is 20.1. The molecule has 1 saturated heterocycles. The number of benzene rings is 2. The molecule has 1 aliphatic rings. The number of rotatable bonds is 6. The molecule has 6 nitrogen and oxygen atoms in total. The highest BCUT2D eigenvalue weighted by Gasteiger charge is 2.30. The fraction of sp³-hybridized carbons (Fsp3) is 0.333. The van der Waals surface area contributed by atoms with Gasteiger partial charge in [0.2, 0.25) is 5.91 Å². The highest BCUT2D eigenvalue weighted by atomic mass is 35.5. The van der Waals surface area contributed by atoms with Crippen molar-refractivity contribution in [2.24, 2.45) is 0 Å². The molecule has 1 N–H and O–H groups in total. The summed E-state index contributed by atoms with van der Waals surface area (Å²) in [6, 6.07) is 12.6. The molecule has 2 aromatic carbocycles. The minimum atomic E-state index is -0.187. The topological polar surface area (TPSA) is 74.6 Å². The Kier molecular flexibility index (Phi) is 6.40. The van der Waals surface area contributed by atoms with Crippen LogP contribution in [0.25, 0.3) is 0 Å². The number of carbonyl (C=O) groups is 1. The quantitative estimate of drug-likeness (QED) is 0.794. The monoisotopic (exact) mass is 399 g/mol. The molecule has 0 aromatic heterocycles. The molecular formula is C21H22ClN3O3. The van der Waals surface area contributed by atoms with Gasteiger partial charge < -0.3 is 14.8 Å². The normalized spacial score (nSPS) is 16.4. The molecule has 0 spiro atoms. The van der Waals surface area contributed by atoms with E-state index in [1.807, 2.05) is 18.2 Å². The molecule has 0 aliphatic carbocycles. The van der Waals surface area contributed by atoms with Crippen LogP contribution in [0.5, 0.6) is 11.5 Å². The second-order valence-electron chi connectivity index (χ2n) is 6.59. The highest BCUT2D eigenvalue weighted by molar-refractivity contribution is 6.31. The predicted molar refractivity (Wildman–Crippen MR) is 108 cm³/mol. The zero-order valence-electron chi connectivity index (χ0n) is 15.9. The number of nitrogens with one attached hydrogen (secondary N) is 1. The lowest BCUT2D eigenvalue weighted by Gasteiger charge is -2.26. The Hall–Kier alpha value is -2.75. The van der Waals surface area contributed by atoms with Gasteiger partial charge in [0.05, 0.1) is 32.0 Å². The van der Waals surface area contributed by atoms with E-state index in [1.54, 1.807) is 32.4 Å². The van der Waals surface area contributed by atoms with Crippen LogP contribution in [-0.4, -0.2) is 38.1 Å². The maximum absolute atomic E-state index is 12.6. The van der Waals surface area contributed by atoms with Crippen LogP contribution in [0.15, 0.2) is 36.4 Å². The van der Waals surface area contributed by atoms with Crippen LogP contribution in [0.1, 0.15) is 30.0 Å². The van der Waals surface area contributed by atoms with E-state index < -0.39 is 0 Å². The van der Waals surface area contributed by atoms with Gasteiger partial charge in [0.1, 0.15) is 17.6 Å². The van der Waals surface area contributed by atoms with E-state index in [0.717, 1.165) is 36.4 Å². The zero-order valence-corrected chi connectivity index (χ0v) is 16.6. The molecule has 0 saturated carbocycles. The number of likely N-dealkylation sites (tertiary alicyclic amines) is 1. The van der Waals surface area contributed by atoms with E-state index in [-0.39, 0.29) is 18.5 Å². The largest absolute Gasteiger partial charge is 0.497 e. The third-order valence-corrected chi connectivity index (χ3v) is 5.12. The van der Waals surface area contributed by atoms with Crippen molar-refractivity contribution in [3.05, 3.63) is 52.5 Å². The van der Waals surface area contributed by atoms with Gasteiger partial charge in [-0.2, -0.15) is 5.26 Å². The number of ether oxygens (including phenoxy) is 2. The number of hydrogen-bond donors (Lipinski definition) is 1. The molecule has 1 fully saturated rings. The van der Waals surface area contributed by atoms with E-state index in [0.29, 0.717) is 16.3 Å². The number of carbonyl (C=O) groups excluding carboxylic acids is 1. The number of nitrogens with zero attached hydrogens (tertiary/aromatic N) is 2.